The van der Waals surface area contributed by atoms with E-state index in [4.69, 9.17) is 46.4 Å². The van der Waals surface area contributed by atoms with Crippen molar-refractivity contribution in [1.29, 1.82) is 0 Å². The Bertz CT molecular complexity index is 906. The number of rotatable bonds is 10. The number of carbonyl (C=O) groups excluding carboxylic acids is 2. The summed E-state index contributed by atoms with van der Waals surface area (Å²) >= 11 is 26.1. The number of likely N-dealkylation sites (N-methyl/N-ethyl adjacent to an activating group) is 1. The molecule has 2 amide bonds. The lowest BCUT2D eigenvalue weighted by atomic mass is 10.1. The maximum absolute atomic E-state index is 13.2. The number of hydrogen-bond donors (Lipinski definition) is 1. The molecule has 2 aromatic rings. The van der Waals surface area contributed by atoms with Crippen LogP contribution in [0, 0.1) is 0 Å². The number of amides is 2. The maximum Gasteiger partial charge on any atom is 0.242 e. The lowest BCUT2D eigenvalue weighted by Gasteiger charge is -2.31. The minimum atomic E-state index is -0.620. The van der Waals surface area contributed by atoms with Crippen molar-refractivity contribution in [3.8, 4) is 0 Å². The fraction of sp³-hybridized carbons (Fsp3) is 0.364. The molecule has 0 bridgehead atoms. The molecule has 0 fully saturated rings. The number of carbonyl (C=O) groups is 2. The van der Waals surface area contributed by atoms with Crippen molar-refractivity contribution < 1.29 is 9.59 Å². The molecule has 0 spiro atoms. The third kappa shape index (κ3) is 7.47. The van der Waals surface area contributed by atoms with Crippen molar-refractivity contribution in [2.45, 2.75) is 38.6 Å². The van der Waals surface area contributed by atoms with Crippen LogP contribution in [-0.2, 0) is 21.9 Å². The first kappa shape index (κ1) is 26.1. The predicted octanol–water partition coefficient (Wildman–Crippen LogP) is 6.48. The van der Waals surface area contributed by atoms with E-state index < -0.39 is 6.04 Å². The van der Waals surface area contributed by atoms with Crippen LogP contribution < -0.4 is 5.32 Å². The summed E-state index contributed by atoms with van der Waals surface area (Å²) in [5, 5.41) is 4.69. The summed E-state index contributed by atoms with van der Waals surface area (Å²) < 4.78 is 0. The lowest BCUT2D eigenvalue weighted by molar-refractivity contribution is -0.139. The summed E-state index contributed by atoms with van der Waals surface area (Å²) in [6.45, 7) is 4.35. The number of hydrogen-bond acceptors (Lipinski definition) is 3. The van der Waals surface area contributed by atoms with Crippen molar-refractivity contribution in [2.75, 3.05) is 12.3 Å². The van der Waals surface area contributed by atoms with Crippen LogP contribution in [0.4, 0.5) is 0 Å². The molecule has 0 aliphatic carbocycles. The first-order valence-electron chi connectivity index (χ1n) is 9.80. The predicted molar refractivity (Wildman–Crippen MR) is 132 cm³/mol. The highest BCUT2D eigenvalue weighted by molar-refractivity contribution is 7.99. The van der Waals surface area contributed by atoms with Crippen LogP contribution in [0.2, 0.25) is 20.1 Å². The van der Waals surface area contributed by atoms with Gasteiger partial charge in [0.1, 0.15) is 6.04 Å². The van der Waals surface area contributed by atoms with Crippen LogP contribution in [-0.4, -0.2) is 35.1 Å². The van der Waals surface area contributed by atoms with E-state index in [2.05, 4.69) is 5.32 Å². The van der Waals surface area contributed by atoms with Gasteiger partial charge in [0, 0.05) is 34.5 Å². The van der Waals surface area contributed by atoms with Gasteiger partial charge in [0.15, 0.2) is 0 Å². The second kappa shape index (κ2) is 12.8. The van der Waals surface area contributed by atoms with E-state index in [0.717, 1.165) is 5.56 Å². The third-order valence-corrected chi connectivity index (χ3v) is 7.04. The Kier molecular flexibility index (Phi) is 10.8. The van der Waals surface area contributed by atoms with Crippen molar-refractivity contribution in [2.24, 2.45) is 0 Å². The van der Waals surface area contributed by atoms with Crippen LogP contribution >= 0.6 is 58.2 Å². The number of thioether (sulfide) groups is 1. The summed E-state index contributed by atoms with van der Waals surface area (Å²) in [5.74, 6) is 0.412. The molecule has 0 aliphatic rings. The minimum absolute atomic E-state index is 0.153. The second-order valence-electron chi connectivity index (χ2n) is 6.78. The van der Waals surface area contributed by atoms with Crippen LogP contribution in [0.3, 0.4) is 0 Å². The molecule has 0 aliphatic heterocycles. The molecule has 0 radical (unpaired) electrons. The number of halogens is 4. The van der Waals surface area contributed by atoms with Gasteiger partial charge in [0.05, 0.1) is 15.8 Å². The Hall–Kier alpha value is -1.11. The summed E-state index contributed by atoms with van der Waals surface area (Å²) in [4.78, 5) is 27.4. The first-order valence-corrected chi connectivity index (χ1v) is 12.5. The van der Waals surface area contributed by atoms with E-state index in [1.165, 1.54) is 11.8 Å². The normalized spacial score (nSPS) is 11.8. The van der Waals surface area contributed by atoms with Gasteiger partial charge in [-0.25, -0.2) is 0 Å². The van der Waals surface area contributed by atoms with Gasteiger partial charge < -0.3 is 10.2 Å². The molecular weight excluding hydrogens is 498 g/mol. The maximum atomic E-state index is 13.2. The van der Waals surface area contributed by atoms with Crippen LogP contribution in [0.1, 0.15) is 31.4 Å². The molecule has 0 saturated heterocycles. The molecule has 2 rings (SSSR count). The van der Waals surface area contributed by atoms with E-state index in [-0.39, 0.29) is 24.1 Å². The topological polar surface area (TPSA) is 49.4 Å². The standard InChI is InChI=1S/C22H24Cl4N2O2S/c1-3-20(22(30)27-4-2)28(11-15-16(23)6-5-7-17(15)24)21(29)13-31-12-14-8-9-18(25)19(26)10-14/h5-10,20H,3-4,11-13H2,1-2H3,(H,27,30)/t20-/m0/s1. The van der Waals surface area contributed by atoms with Gasteiger partial charge >= 0.3 is 0 Å². The molecule has 4 nitrogen and oxygen atoms in total. The Labute approximate surface area is 207 Å². The Morgan fingerprint density at radius 2 is 1.68 bits per heavy atom. The highest BCUT2D eigenvalue weighted by atomic mass is 35.5. The van der Waals surface area contributed by atoms with Gasteiger partial charge in [-0.15, -0.1) is 11.8 Å². The highest BCUT2D eigenvalue weighted by Gasteiger charge is 2.29. The van der Waals surface area contributed by atoms with Crippen molar-refractivity contribution in [3.63, 3.8) is 0 Å². The summed E-state index contributed by atoms with van der Waals surface area (Å²) in [5.41, 5.74) is 1.58. The Balaban J connectivity index is 2.18. The zero-order valence-corrected chi connectivity index (χ0v) is 21.1. The van der Waals surface area contributed by atoms with Crippen molar-refractivity contribution >= 4 is 70.0 Å². The number of benzene rings is 2. The van der Waals surface area contributed by atoms with Crippen molar-refractivity contribution in [3.05, 3.63) is 67.6 Å². The smallest absolute Gasteiger partial charge is 0.242 e. The fourth-order valence-corrected chi connectivity index (χ4v) is 4.73. The molecule has 31 heavy (non-hydrogen) atoms. The molecular formula is C22H24Cl4N2O2S. The largest absolute Gasteiger partial charge is 0.355 e. The summed E-state index contributed by atoms with van der Waals surface area (Å²) in [6.07, 6.45) is 0.469. The average Bonchev–Trinajstić information content (AvgIpc) is 2.72. The van der Waals surface area contributed by atoms with Crippen LogP contribution in [0.25, 0.3) is 0 Å². The van der Waals surface area contributed by atoms with Gasteiger partial charge in [-0.05, 0) is 43.2 Å². The zero-order valence-electron chi connectivity index (χ0n) is 17.3. The fourth-order valence-electron chi connectivity index (χ4n) is 3.03. The minimum Gasteiger partial charge on any atom is -0.355 e. The molecule has 0 unspecified atom stereocenters. The molecule has 1 atom stereocenters. The molecule has 0 saturated carbocycles. The second-order valence-corrected chi connectivity index (χ2v) is 9.40. The Morgan fingerprint density at radius 3 is 2.26 bits per heavy atom. The van der Waals surface area contributed by atoms with Crippen LogP contribution in [0.15, 0.2) is 36.4 Å². The SMILES string of the molecule is CCNC(=O)[C@H](CC)N(Cc1c(Cl)cccc1Cl)C(=O)CSCc1ccc(Cl)c(Cl)c1. The van der Waals surface area contributed by atoms with E-state index in [1.54, 1.807) is 35.2 Å². The van der Waals surface area contributed by atoms with Gasteiger partial charge in [-0.1, -0.05) is 65.5 Å². The summed E-state index contributed by atoms with van der Waals surface area (Å²) in [6, 6.07) is 9.95. The quantitative estimate of drug-likeness (QED) is 0.389. The zero-order chi connectivity index (χ0) is 23.0. The van der Waals surface area contributed by atoms with Gasteiger partial charge in [-0.2, -0.15) is 0 Å². The molecule has 168 valence electrons. The van der Waals surface area contributed by atoms with Gasteiger partial charge in [-0.3, -0.25) is 9.59 Å². The molecule has 0 heterocycles. The number of nitrogens with zero attached hydrogens (tertiary/aromatic N) is 1. The molecule has 0 aromatic heterocycles. The van der Waals surface area contributed by atoms with Gasteiger partial charge in [0.2, 0.25) is 11.8 Å². The first-order chi connectivity index (χ1) is 14.8. The van der Waals surface area contributed by atoms with E-state index >= 15 is 0 Å². The van der Waals surface area contributed by atoms with E-state index in [0.29, 0.717) is 44.4 Å². The highest BCUT2D eigenvalue weighted by Crippen LogP contribution is 2.28. The average molecular weight is 522 g/mol. The lowest BCUT2D eigenvalue weighted by Crippen LogP contribution is -2.49. The summed E-state index contributed by atoms with van der Waals surface area (Å²) in [7, 11) is 0. The van der Waals surface area contributed by atoms with Crippen LogP contribution in [0.5, 0.6) is 0 Å². The van der Waals surface area contributed by atoms with E-state index in [9.17, 15) is 9.59 Å². The van der Waals surface area contributed by atoms with E-state index in [1.807, 2.05) is 19.9 Å². The monoisotopic (exact) mass is 520 g/mol. The third-order valence-electron chi connectivity index (χ3n) is 4.61. The van der Waals surface area contributed by atoms with Gasteiger partial charge in [0.25, 0.3) is 0 Å². The molecule has 9 heteroatoms. The van der Waals surface area contributed by atoms with Crippen molar-refractivity contribution in [1.82, 2.24) is 10.2 Å². The Morgan fingerprint density at radius 1 is 1.00 bits per heavy atom. The molecule has 2 aromatic carbocycles. The molecule has 1 N–H and O–H groups in total. The number of nitrogens with one attached hydrogen (secondary N) is 1.